The lowest BCUT2D eigenvalue weighted by Crippen LogP contribution is -2.54. The summed E-state index contributed by atoms with van der Waals surface area (Å²) >= 11 is 0. The molecule has 1 heterocycles. The van der Waals surface area contributed by atoms with Crippen molar-refractivity contribution in [1.29, 1.82) is 0 Å². The Morgan fingerprint density at radius 3 is 2.71 bits per heavy atom. The summed E-state index contributed by atoms with van der Waals surface area (Å²) in [6.07, 6.45) is 6.17. The van der Waals surface area contributed by atoms with Gasteiger partial charge in [-0.3, -0.25) is 0 Å². The third-order valence-electron chi connectivity index (χ3n) is 5.21. The molecule has 4 rings (SSSR count). The van der Waals surface area contributed by atoms with Crippen LogP contribution in [0.1, 0.15) is 43.2 Å². The Labute approximate surface area is 144 Å². The van der Waals surface area contributed by atoms with Crippen LogP contribution < -0.4 is 10.6 Å². The number of hydrogen-bond acceptors (Lipinski definition) is 3. The van der Waals surface area contributed by atoms with E-state index in [0.29, 0.717) is 0 Å². The van der Waals surface area contributed by atoms with Gasteiger partial charge in [0.25, 0.3) is 0 Å². The largest absolute Gasteiger partial charge is 0.371 e. The molecular formula is C21H25N3. The van der Waals surface area contributed by atoms with E-state index in [1.807, 2.05) is 0 Å². The third-order valence-corrected chi connectivity index (χ3v) is 5.21. The molecule has 0 saturated heterocycles. The van der Waals surface area contributed by atoms with Gasteiger partial charge < -0.3 is 10.6 Å². The number of nitrogens with zero attached hydrogens (tertiary/aromatic N) is 1. The second kappa shape index (κ2) is 6.31. The lowest BCUT2D eigenvalue weighted by atomic mass is 9.79. The van der Waals surface area contributed by atoms with E-state index in [4.69, 9.17) is 4.99 Å². The van der Waals surface area contributed by atoms with Crippen molar-refractivity contribution in [1.82, 2.24) is 5.32 Å². The van der Waals surface area contributed by atoms with Gasteiger partial charge in [0.1, 0.15) is 5.84 Å². The zero-order valence-electron chi connectivity index (χ0n) is 14.3. The number of rotatable bonds is 2. The molecule has 1 aliphatic heterocycles. The van der Waals surface area contributed by atoms with E-state index in [1.165, 1.54) is 36.1 Å². The van der Waals surface area contributed by atoms with Crippen molar-refractivity contribution >= 4 is 17.2 Å². The molecule has 1 saturated carbocycles. The number of aliphatic imine (C=N–C) groups is 1. The summed E-state index contributed by atoms with van der Waals surface area (Å²) in [5.41, 5.74) is 4.80. The highest BCUT2D eigenvalue weighted by atomic mass is 15.2. The molecule has 0 amide bonds. The molecule has 1 spiro atoms. The number of anilines is 1. The normalized spacial score (nSPS) is 18.5. The minimum absolute atomic E-state index is 0.0174. The summed E-state index contributed by atoms with van der Waals surface area (Å²) in [6.45, 7) is 2.97. The van der Waals surface area contributed by atoms with Crippen molar-refractivity contribution < 1.29 is 0 Å². The zero-order valence-corrected chi connectivity index (χ0v) is 14.3. The number of nitrogens with one attached hydrogen (secondary N) is 2. The molecule has 3 nitrogen and oxygen atoms in total. The first-order valence-corrected chi connectivity index (χ1v) is 9.01. The quantitative estimate of drug-likeness (QED) is 0.822. The average molecular weight is 319 g/mol. The number of benzene rings is 2. The molecule has 2 aromatic carbocycles. The molecule has 2 aromatic rings. The maximum Gasteiger partial charge on any atom is 0.128 e. The molecule has 24 heavy (non-hydrogen) atoms. The van der Waals surface area contributed by atoms with Gasteiger partial charge >= 0.3 is 0 Å². The van der Waals surface area contributed by atoms with E-state index < -0.39 is 0 Å². The number of fused-ring (bicyclic) bond motifs is 1. The standard InChI is InChI=1S/C21H25N3/c1-16-8-7-9-17(14-16)15-22-20-21(12-5-2-6-13-21)24-19-11-4-3-10-18(19)23-20/h3-4,7-11,14,24H,2,5-6,12-13,15H2,1H3,(H,22,23). The molecule has 0 bridgehead atoms. The summed E-state index contributed by atoms with van der Waals surface area (Å²) < 4.78 is 0. The van der Waals surface area contributed by atoms with Gasteiger partial charge in [0, 0.05) is 6.54 Å². The highest BCUT2D eigenvalue weighted by molar-refractivity contribution is 6.00. The molecule has 1 aliphatic carbocycles. The minimum atomic E-state index is -0.0174. The predicted octanol–water partition coefficient (Wildman–Crippen LogP) is 4.94. The molecule has 0 unspecified atom stereocenters. The topological polar surface area (TPSA) is 36.4 Å². The zero-order chi connectivity index (χ0) is 16.4. The van der Waals surface area contributed by atoms with Crippen LogP contribution in [-0.4, -0.2) is 11.4 Å². The molecule has 0 radical (unpaired) electrons. The Morgan fingerprint density at radius 2 is 1.88 bits per heavy atom. The van der Waals surface area contributed by atoms with E-state index in [1.54, 1.807) is 0 Å². The fraction of sp³-hybridized carbons (Fsp3) is 0.381. The summed E-state index contributed by atoms with van der Waals surface area (Å²) in [5, 5.41) is 7.47. The molecule has 2 N–H and O–H groups in total. The molecule has 1 fully saturated rings. The monoisotopic (exact) mass is 319 g/mol. The van der Waals surface area contributed by atoms with E-state index in [2.05, 4.69) is 66.1 Å². The predicted molar refractivity (Wildman–Crippen MR) is 101 cm³/mol. The molecule has 0 atom stereocenters. The smallest absolute Gasteiger partial charge is 0.128 e. The maximum absolute atomic E-state index is 5.00. The van der Waals surface area contributed by atoms with Gasteiger partial charge in [0.05, 0.1) is 16.9 Å². The van der Waals surface area contributed by atoms with Crippen molar-refractivity contribution in [3.8, 4) is 0 Å². The Hall–Kier alpha value is -2.29. The van der Waals surface area contributed by atoms with Crippen molar-refractivity contribution in [2.45, 2.75) is 51.1 Å². The lowest BCUT2D eigenvalue weighted by molar-refractivity contribution is 0.396. The van der Waals surface area contributed by atoms with Crippen LogP contribution in [0.5, 0.6) is 0 Å². The fourth-order valence-electron chi connectivity index (χ4n) is 3.96. The molecular weight excluding hydrogens is 294 g/mol. The van der Waals surface area contributed by atoms with Gasteiger partial charge in [-0.25, -0.2) is 4.99 Å². The van der Waals surface area contributed by atoms with Gasteiger partial charge in [-0.2, -0.15) is 0 Å². The summed E-state index contributed by atoms with van der Waals surface area (Å²) in [6, 6.07) is 17.1. The Kier molecular flexibility index (Phi) is 4.01. The summed E-state index contributed by atoms with van der Waals surface area (Å²) in [4.78, 5) is 5.00. The number of aryl methyl sites for hydroxylation is 1. The van der Waals surface area contributed by atoms with Crippen LogP contribution in [0.3, 0.4) is 0 Å². The Balaban J connectivity index is 1.63. The maximum atomic E-state index is 5.00. The minimum Gasteiger partial charge on any atom is -0.371 e. The third kappa shape index (κ3) is 2.91. The van der Waals surface area contributed by atoms with Gasteiger partial charge in [0.15, 0.2) is 0 Å². The molecule has 3 heteroatoms. The SMILES string of the molecule is Cc1cccc(CNC2=Nc3ccccc3NC23CCCCC3)c1. The van der Waals surface area contributed by atoms with Crippen molar-refractivity contribution in [2.24, 2.45) is 4.99 Å². The van der Waals surface area contributed by atoms with Gasteiger partial charge in [-0.05, 0) is 37.5 Å². The molecule has 2 aliphatic rings. The van der Waals surface area contributed by atoms with Gasteiger partial charge in [0.2, 0.25) is 0 Å². The van der Waals surface area contributed by atoms with E-state index >= 15 is 0 Å². The second-order valence-electron chi connectivity index (χ2n) is 7.09. The van der Waals surface area contributed by atoms with Crippen LogP contribution in [0.15, 0.2) is 53.5 Å². The average Bonchev–Trinajstić information content (AvgIpc) is 2.61. The van der Waals surface area contributed by atoms with E-state index in [9.17, 15) is 0 Å². The Bertz CT molecular complexity index is 757. The van der Waals surface area contributed by atoms with Crippen molar-refractivity contribution in [3.05, 3.63) is 59.7 Å². The fourth-order valence-corrected chi connectivity index (χ4v) is 3.96. The van der Waals surface area contributed by atoms with Crippen LogP contribution in [0.25, 0.3) is 0 Å². The Morgan fingerprint density at radius 1 is 1.04 bits per heavy atom. The van der Waals surface area contributed by atoms with Crippen LogP contribution in [0, 0.1) is 6.92 Å². The van der Waals surface area contributed by atoms with Crippen molar-refractivity contribution in [3.63, 3.8) is 0 Å². The van der Waals surface area contributed by atoms with Crippen LogP contribution in [0.4, 0.5) is 11.4 Å². The number of amidine groups is 1. The second-order valence-corrected chi connectivity index (χ2v) is 7.09. The number of hydrogen-bond donors (Lipinski definition) is 2. The molecule has 124 valence electrons. The first-order valence-electron chi connectivity index (χ1n) is 9.01. The highest BCUT2D eigenvalue weighted by Gasteiger charge is 2.40. The highest BCUT2D eigenvalue weighted by Crippen LogP contribution is 2.40. The number of para-hydroxylation sites is 2. The summed E-state index contributed by atoms with van der Waals surface area (Å²) in [5.74, 6) is 1.11. The van der Waals surface area contributed by atoms with Crippen LogP contribution >= 0.6 is 0 Å². The first kappa shape index (κ1) is 15.3. The van der Waals surface area contributed by atoms with Crippen LogP contribution in [0.2, 0.25) is 0 Å². The van der Waals surface area contributed by atoms with E-state index in [-0.39, 0.29) is 5.54 Å². The van der Waals surface area contributed by atoms with Crippen molar-refractivity contribution in [2.75, 3.05) is 5.32 Å². The van der Waals surface area contributed by atoms with Gasteiger partial charge in [-0.1, -0.05) is 61.2 Å². The van der Waals surface area contributed by atoms with Crippen LogP contribution in [-0.2, 0) is 6.54 Å². The summed E-state index contributed by atoms with van der Waals surface area (Å²) in [7, 11) is 0. The lowest BCUT2D eigenvalue weighted by Gasteiger charge is -2.42. The molecule has 0 aromatic heterocycles. The first-order chi connectivity index (χ1) is 11.8. The van der Waals surface area contributed by atoms with E-state index in [0.717, 1.165) is 30.9 Å². The van der Waals surface area contributed by atoms with Gasteiger partial charge in [-0.15, -0.1) is 0 Å².